The van der Waals surface area contributed by atoms with Crippen LogP contribution >= 0.6 is 0 Å². The van der Waals surface area contributed by atoms with Crippen LogP contribution in [0, 0.1) is 17.3 Å². The molecule has 0 aliphatic carbocycles. The second-order valence-corrected chi connectivity index (χ2v) is 9.09. The number of benzene rings is 2. The van der Waals surface area contributed by atoms with E-state index in [0.717, 1.165) is 11.1 Å². The molecule has 0 bridgehead atoms. The van der Waals surface area contributed by atoms with Gasteiger partial charge in [-0.2, -0.15) is 0 Å². The van der Waals surface area contributed by atoms with Gasteiger partial charge in [0.15, 0.2) is 0 Å². The Balaban J connectivity index is 1.36. The van der Waals surface area contributed by atoms with Gasteiger partial charge in [0.05, 0.1) is 26.9 Å². The summed E-state index contributed by atoms with van der Waals surface area (Å²) in [6.07, 6.45) is 0.591. The Hall–Kier alpha value is -4.36. The lowest BCUT2D eigenvalue weighted by molar-refractivity contribution is -0.122. The number of nitrogens with one attached hydrogen (secondary N) is 3. The second-order valence-electron chi connectivity index (χ2n) is 9.09. The molecule has 0 aromatic heterocycles. The molecule has 2 fully saturated rings. The number of hydrogen-bond donors (Lipinski definition) is 3. The molecular weight excluding hydrogens is 474 g/mol. The third kappa shape index (κ3) is 4.86. The van der Waals surface area contributed by atoms with E-state index in [9.17, 15) is 14.4 Å². The molecule has 190 valence electrons. The molecule has 3 N–H and O–H groups in total. The first-order valence-corrected chi connectivity index (χ1v) is 12.0. The fraction of sp³-hybridized carbons (Fsp3) is 0.333. The quantitative estimate of drug-likeness (QED) is 0.248. The van der Waals surface area contributed by atoms with Gasteiger partial charge in [-0.15, -0.1) is 0 Å². The maximum atomic E-state index is 13.2. The molecule has 0 radical (unpaired) electrons. The first-order chi connectivity index (χ1) is 17.9. The minimum atomic E-state index is -1.57. The van der Waals surface area contributed by atoms with Crippen molar-refractivity contribution in [1.82, 2.24) is 20.4 Å². The summed E-state index contributed by atoms with van der Waals surface area (Å²) in [5, 5.41) is 13.3. The van der Waals surface area contributed by atoms with E-state index in [1.54, 1.807) is 48.4 Å². The van der Waals surface area contributed by atoms with E-state index in [-0.39, 0.29) is 12.5 Å². The van der Waals surface area contributed by atoms with Gasteiger partial charge in [0.25, 0.3) is 11.8 Å². The van der Waals surface area contributed by atoms with E-state index >= 15 is 0 Å². The summed E-state index contributed by atoms with van der Waals surface area (Å²) in [4.78, 5) is 41.6. The molecule has 37 heavy (non-hydrogen) atoms. The van der Waals surface area contributed by atoms with Crippen LogP contribution in [-0.4, -0.2) is 85.5 Å². The van der Waals surface area contributed by atoms with Crippen molar-refractivity contribution in [2.45, 2.75) is 12.0 Å². The zero-order valence-corrected chi connectivity index (χ0v) is 20.4. The van der Waals surface area contributed by atoms with Gasteiger partial charge in [-0.05, 0) is 42.3 Å². The molecule has 1 atom stereocenters. The maximum Gasteiger partial charge on any atom is 0.323 e. The Bertz CT molecular complexity index is 1320. The van der Waals surface area contributed by atoms with Crippen molar-refractivity contribution in [2.24, 2.45) is 0 Å². The predicted octanol–water partition coefficient (Wildman–Crippen LogP) is 0.981. The van der Waals surface area contributed by atoms with Crippen molar-refractivity contribution in [3.63, 3.8) is 0 Å². The van der Waals surface area contributed by atoms with E-state index in [2.05, 4.69) is 22.5 Å². The molecule has 4 amide bonds. The van der Waals surface area contributed by atoms with Gasteiger partial charge in [-0.1, -0.05) is 24.0 Å². The van der Waals surface area contributed by atoms with Crippen molar-refractivity contribution in [3.8, 4) is 17.6 Å². The Morgan fingerprint density at radius 3 is 2.54 bits per heavy atom. The fourth-order valence-corrected chi connectivity index (χ4v) is 4.67. The number of amidine groups is 1. The van der Waals surface area contributed by atoms with Crippen LogP contribution < -0.4 is 15.4 Å². The molecule has 5 rings (SSSR count). The van der Waals surface area contributed by atoms with Gasteiger partial charge in [0.2, 0.25) is 5.54 Å². The van der Waals surface area contributed by atoms with Gasteiger partial charge in [-0.25, -0.2) is 4.79 Å². The van der Waals surface area contributed by atoms with Gasteiger partial charge in [-0.3, -0.25) is 20.3 Å². The van der Waals surface area contributed by atoms with Crippen LogP contribution in [0.2, 0.25) is 0 Å². The van der Waals surface area contributed by atoms with E-state index < -0.39 is 17.5 Å². The summed E-state index contributed by atoms with van der Waals surface area (Å²) < 4.78 is 10.6. The van der Waals surface area contributed by atoms with Crippen LogP contribution in [0.1, 0.15) is 27.0 Å². The topological polar surface area (TPSA) is 124 Å². The number of morpholine rings is 1. The maximum absolute atomic E-state index is 13.2. The van der Waals surface area contributed by atoms with Crippen LogP contribution in [0.4, 0.5) is 4.79 Å². The van der Waals surface area contributed by atoms with Gasteiger partial charge in [0.1, 0.15) is 11.6 Å². The number of methoxy groups -OCH3 is 1. The number of amides is 4. The highest BCUT2D eigenvalue weighted by atomic mass is 16.5. The van der Waals surface area contributed by atoms with Gasteiger partial charge in [0, 0.05) is 36.3 Å². The van der Waals surface area contributed by atoms with Crippen molar-refractivity contribution in [1.29, 1.82) is 5.41 Å². The number of nitrogens with zero attached hydrogens (tertiary/aromatic N) is 2. The molecule has 2 aromatic carbocycles. The lowest BCUT2D eigenvalue weighted by Crippen LogP contribution is -2.56. The zero-order chi connectivity index (χ0) is 26.0. The van der Waals surface area contributed by atoms with Crippen LogP contribution in [0.25, 0.3) is 0 Å². The van der Waals surface area contributed by atoms with Crippen LogP contribution in [0.15, 0.2) is 42.5 Å². The third-order valence-corrected chi connectivity index (χ3v) is 6.76. The Kier molecular flexibility index (Phi) is 6.54. The second kappa shape index (κ2) is 9.95. The molecule has 10 nitrogen and oxygen atoms in total. The van der Waals surface area contributed by atoms with E-state index in [1.807, 2.05) is 11.0 Å². The highest BCUT2D eigenvalue weighted by Gasteiger charge is 2.47. The van der Waals surface area contributed by atoms with Crippen LogP contribution in [0.5, 0.6) is 5.75 Å². The van der Waals surface area contributed by atoms with E-state index in [0.29, 0.717) is 62.0 Å². The number of carbonyl (C=O) groups is 3. The van der Waals surface area contributed by atoms with Gasteiger partial charge >= 0.3 is 6.03 Å². The molecule has 3 heterocycles. The number of urea groups is 1. The monoisotopic (exact) mass is 501 g/mol. The number of imide groups is 1. The molecule has 10 heteroatoms. The minimum Gasteiger partial charge on any atom is -0.497 e. The Labute approximate surface area is 214 Å². The number of hydrogen-bond acceptors (Lipinski definition) is 6. The molecule has 2 aromatic rings. The summed E-state index contributed by atoms with van der Waals surface area (Å²) in [5.74, 6) is 6.18. The fourth-order valence-electron chi connectivity index (χ4n) is 4.67. The molecule has 1 unspecified atom stereocenters. The van der Waals surface area contributed by atoms with Crippen molar-refractivity contribution < 1.29 is 23.9 Å². The average Bonchev–Trinajstić information content (AvgIpc) is 3.21. The largest absolute Gasteiger partial charge is 0.497 e. The summed E-state index contributed by atoms with van der Waals surface area (Å²) in [6, 6.07) is 11.8. The van der Waals surface area contributed by atoms with Gasteiger partial charge < -0.3 is 24.6 Å². The number of fused-ring (bicyclic) bond motifs is 1. The highest BCUT2D eigenvalue weighted by Crippen LogP contribution is 2.25. The lowest BCUT2D eigenvalue weighted by Gasteiger charge is -2.33. The van der Waals surface area contributed by atoms with Crippen molar-refractivity contribution in [3.05, 3.63) is 64.7 Å². The third-order valence-electron chi connectivity index (χ3n) is 6.76. The number of ether oxygens (including phenoxy) is 2. The minimum absolute atomic E-state index is 0.0817. The van der Waals surface area contributed by atoms with Crippen molar-refractivity contribution >= 4 is 23.7 Å². The smallest absolute Gasteiger partial charge is 0.323 e. The number of rotatable bonds is 4. The summed E-state index contributed by atoms with van der Waals surface area (Å²) in [6.45, 7) is 2.84. The Morgan fingerprint density at radius 2 is 1.86 bits per heavy atom. The van der Waals surface area contributed by atoms with E-state index in [4.69, 9.17) is 14.9 Å². The lowest BCUT2D eigenvalue weighted by atomic mass is 9.94. The standard InChI is InChI=1S/C27H27N5O5/c1-36-21-6-7-22-20(16-21)9-11-32(24(22)33)17-27(25(34)29-26(35)30-27)10-8-18-2-4-19(5-3-18)23(28)31-12-14-37-15-13-31/h2-7,16,28H,9,11-15,17H2,1H3,(H2,29,30,34,35). The zero-order valence-electron chi connectivity index (χ0n) is 20.4. The molecule has 0 spiro atoms. The predicted molar refractivity (Wildman–Crippen MR) is 135 cm³/mol. The average molecular weight is 502 g/mol. The first-order valence-electron chi connectivity index (χ1n) is 12.0. The summed E-state index contributed by atoms with van der Waals surface area (Å²) in [5.41, 5.74) is 1.22. The molecular formula is C27H27N5O5. The summed E-state index contributed by atoms with van der Waals surface area (Å²) >= 11 is 0. The van der Waals surface area contributed by atoms with Crippen LogP contribution in [0.3, 0.4) is 0 Å². The van der Waals surface area contributed by atoms with E-state index in [1.165, 1.54) is 0 Å². The van der Waals surface area contributed by atoms with Crippen molar-refractivity contribution in [2.75, 3.05) is 46.5 Å². The molecule has 3 aliphatic rings. The normalized spacial score (nSPS) is 20.9. The highest BCUT2D eigenvalue weighted by molar-refractivity contribution is 6.10. The summed E-state index contributed by atoms with van der Waals surface area (Å²) in [7, 11) is 1.57. The number of carbonyl (C=O) groups excluding carboxylic acids is 3. The first kappa shape index (κ1) is 24.3. The molecule has 0 saturated carbocycles. The molecule has 3 aliphatic heterocycles. The Morgan fingerprint density at radius 1 is 1.11 bits per heavy atom. The molecule has 2 saturated heterocycles. The SMILES string of the molecule is COc1ccc2c(c1)CCN(CC1(C#Cc3ccc(C(=N)N4CCOCC4)cc3)NC(=O)NC1=O)C2=O. The van der Waals surface area contributed by atoms with Crippen LogP contribution in [-0.2, 0) is 16.0 Å².